The highest BCUT2D eigenvalue weighted by Gasteiger charge is 2.29. The van der Waals surface area contributed by atoms with E-state index >= 15 is 0 Å². The molecule has 0 aliphatic heterocycles. The number of aromatic nitrogens is 1. The summed E-state index contributed by atoms with van der Waals surface area (Å²) in [5, 5.41) is 14.8. The van der Waals surface area contributed by atoms with E-state index in [1.807, 2.05) is 30.3 Å². The molecule has 1 aromatic carbocycles. The van der Waals surface area contributed by atoms with E-state index in [0.717, 1.165) is 18.4 Å². The zero-order chi connectivity index (χ0) is 15.4. The van der Waals surface area contributed by atoms with Gasteiger partial charge in [0.15, 0.2) is 6.20 Å². The average molecular weight is 296 g/mol. The summed E-state index contributed by atoms with van der Waals surface area (Å²) < 4.78 is 0.617. The largest absolute Gasteiger partial charge is 0.618 e. The second kappa shape index (κ2) is 6.60. The molecule has 3 rings (SSSR count). The number of carbonyl (C=O) groups excluding carboxylic acids is 1. The lowest BCUT2D eigenvalue weighted by atomic mass is 9.91. The van der Waals surface area contributed by atoms with E-state index in [0.29, 0.717) is 10.6 Å². The van der Waals surface area contributed by atoms with E-state index in [1.54, 1.807) is 18.2 Å². The van der Waals surface area contributed by atoms with Gasteiger partial charge in [0.1, 0.15) is 0 Å². The Hall–Kier alpha value is -2.36. The predicted octanol–water partition coefficient (Wildman–Crippen LogP) is 2.98. The van der Waals surface area contributed by atoms with Crippen LogP contribution in [0.4, 0.5) is 0 Å². The molecule has 1 saturated carbocycles. The summed E-state index contributed by atoms with van der Waals surface area (Å²) >= 11 is 0. The third kappa shape index (κ3) is 3.11. The van der Waals surface area contributed by atoms with E-state index in [4.69, 9.17) is 0 Å². The van der Waals surface area contributed by atoms with Gasteiger partial charge in [-0.25, -0.2) is 0 Å². The number of nitrogens with zero attached hydrogens (tertiary/aromatic N) is 1. The van der Waals surface area contributed by atoms with Gasteiger partial charge in [-0.15, -0.1) is 0 Å². The van der Waals surface area contributed by atoms with Crippen molar-refractivity contribution in [1.82, 2.24) is 5.32 Å². The summed E-state index contributed by atoms with van der Waals surface area (Å²) in [5.41, 5.74) is 1.25. The van der Waals surface area contributed by atoms with Gasteiger partial charge in [-0.3, -0.25) is 4.79 Å². The second-order valence-electron chi connectivity index (χ2n) is 5.82. The first-order chi connectivity index (χ1) is 10.8. The molecule has 1 fully saturated rings. The lowest BCUT2D eigenvalue weighted by Gasteiger charge is -2.24. The van der Waals surface area contributed by atoms with Gasteiger partial charge in [-0.1, -0.05) is 43.2 Å². The third-order valence-electron chi connectivity index (χ3n) is 4.37. The Morgan fingerprint density at radius 3 is 2.45 bits per heavy atom. The van der Waals surface area contributed by atoms with Crippen LogP contribution >= 0.6 is 0 Å². The Kier molecular flexibility index (Phi) is 4.37. The van der Waals surface area contributed by atoms with Crippen LogP contribution in [0.2, 0.25) is 0 Å². The summed E-state index contributed by atoms with van der Waals surface area (Å²) in [6.45, 7) is 0. The third-order valence-corrected chi connectivity index (χ3v) is 4.37. The molecule has 0 spiro atoms. The van der Waals surface area contributed by atoms with Crippen molar-refractivity contribution >= 4 is 5.91 Å². The molecule has 1 amide bonds. The minimum Gasteiger partial charge on any atom is -0.618 e. The van der Waals surface area contributed by atoms with Gasteiger partial charge in [0.25, 0.3) is 5.69 Å². The minimum atomic E-state index is -0.309. The molecule has 1 N–H and O–H groups in total. The second-order valence-corrected chi connectivity index (χ2v) is 5.82. The monoisotopic (exact) mass is 296 g/mol. The first kappa shape index (κ1) is 14.6. The van der Waals surface area contributed by atoms with Gasteiger partial charge in [0.2, 0.25) is 0 Å². The lowest BCUT2D eigenvalue weighted by Crippen LogP contribution is -2.41. The van der Waals surface area contributed by atoms with Crippen LogP contribution in [-0.4, -0.2) is 5.91 Å². The molecule has 4 nitrogen and oxygen atoms in total. The van der Waals surface area contributed by atoms with Gasteiger partial charge in [0.05, 0.1) is 6.04 Å². The van der Waals surface area contributed by atoms with Gasteiger partial charge >= 0.3 is 5.91 Å². The van der Waals surface area contributed by atoms with Crippen molar-refractivity contribution in [3.63, 3.8) is 0 Å². The van der Waals surface area contributed by atoms with E-state index in [-0.39, 0.29) is 17.6 Å². The minimum absolute atomic E-state index is 0.0311. The maximum absolute atomic E-state index is 12.5. The fourth-order valence-corrected chi connectivity index (χ4v) is 3.24. The average Bonchev–Trinajstić information content (AvgIpc) is 3.08. The molecule has 2 aromatic rings. The van der Waals surface area contributed by atoms with Crippen molar-refractivity contribution < 1.29 is 9.52 Å². The van der Waals surface area contributed by atoms with Crippen LogP contribution < -0.4 is 10.0 Å². The molecule has 22 heavy (non-hydrogen) atoms. The fraction of sp³-hybridized carbons (Fsp3) is 0.333. The van der Waals surface area contributed by atoms with Crippen LogP contribution in [0.3, 0.4) is 0 Å². The van der Waals surface area contributed by atoms with Crippen molar-refractivity contribution in [2.75, 3.05) is 0 Å². The summed E-state index contributed by atoms with van der Waals surface area (Å²) in [4.78, 5) is 12.5. The molecule has 114 valence electrons. The fourth-order valence-electron chi connectivity index (χ4n) is 3.24. The topological polar surface area (TPSA) is 56.0 Å². The highest BCUT2D eigenvalue weighted by molar-refractivity contribution is 5.91. The number of carbonyl (C=O) groups is 1. The summed E-state index contributed by atoms with van der Waals surface area (Å²) in [7, 11) is 0. The smallest absolute Gasteiger partial charge is 0.317 e. The molecule has 1 atom stereocenters. The molecule has 0 saturated heterocycles. The van der Waals surface area contributed by atoms with Crippen molar-refractivity contribution in [1.29, 1.82) is 0 Å². The Labute approximate surface area is 130 Å². The molecule has 0 bridgehead atoms. The Morgan fingerprint density at radius 2 is 1.77 bits per heavy atom. The highest BCUT2D eigenvalue weighted by atomic mass is 16.5. The first-order valence-corrected chi connectivity index (χ1v) is 7.80. The van der Waals surface area contributed by atoms with Crippen LogP contribution in [-0.2, 0) is 0 Å². The van der Waals surface area contributed by atoms with Crippen molar-refractivity contribution in [2.45, 2.75) is 31.7 Å². The molecular formula is C18H20N2O2. The number of pyridine rings is 1. The molecule has 4 heteroatoms. The normalized spacial score (nSPS) is 16.4. The van der Waals surface area contributed by atoms with E-state index in [2.05, 4.69) is 5.32 Å². The molecule has 1 aliphatic rings. The number of hydrogen-bond donors (Lipinski definition) is 1. The molecule has 1 aliphatic carbocycles. The molecule has 0 unspecified atom stereocenters. The van der Waals surface area contributed by atoms with Gasteiger partial charge in [0, 0.05) is 12.1 Å². The lowest BCUT2D eigenvalue weighted by molar-refractivity contribution is -0.607. The van der Waals surface area contributed by atoms with Crippen LogP contribution in [0.1, 0.15) is 47.8 Å². The summed E-state index contributed by atoms with van der Waals surface area (Å²) in [6.07, 6.45) is 5.99. The van der Waals surface area contributed by atoms with E-state index < -0.39 is 0 Å². The van der Waals surface area contributed by atoms with Crippen LogP contribution in [0, 0.1) is 11.1 Å². The van der Waals surface area contributed by atoms with Crippen LogP contribution in [0.15, 0.2) is 54.7 Å². The van der Waals surface area contributed by atoms with Gasteiger partial charge < -0.3 is 10.5 Å². The van der Waals surface area contributed by atoms with E-state index in [1.165, 1.54) is 19.0 Å². The van der Waals surface area contributed by atoms with E-state index in [9.17, 15) is 10.0 Å². The number of nitrogens with one attached hydrogen (secondary N) is 1. The Bertz CT molecular complexity index is 637. The maximum atomic E-state index is 12.5. The molecular weight excluding hydrogens is 276 g/mol. The van der Waals surface area contributed by atoms with Gasteiger partial charge in [-0.05, 0) is 30.4 Å². The predicted molar refractivity (Wildman–Crippen MR) is 84.0 cm³/mol. The Morgan fingerprint density at radius 1 is 1.09 bits per heavy atom. The highest BCUT2D eigenvalue weighted by Crippen LogP contribution is 2.35. The van der Waals surface area contributed by atoms with Crippen LogP contribution in [0.5, 0.6) is 0 Å². The molecule has 1 heterocycles. The molecule has 1 aromatic heterocycles. The van der Waals surface area contributed by atoms with Crippen molar-refractivity contribution in [3.05, 3.63) is 71.2 Å². The number of hydrogen-bond acceptors (Lipinski definition) is 2. The SMILES string of the molecule is O=C(N[C@H](c1ccccc1)C1CCCC1)c1cccc[n+]1[O-]. The Balaban J connectivity index is 1.84. The standard InChI is InChI=1S/C18H20N2O2/c21-18(16-12-6-7-13-20(16)22)19-17(15-10-4-5-11-15)14-8-2-1-3-9-14/h1-3,6-9,12-13,15,17H,4-5,10-11H2,(H,19,21)/t17-/m1/s1. The first-order valence-electron chi connectivity index (χ1n) is 7.80. The quantitative estimate of drug-likeness (QED) is 0.696. The summed E-state index contributed by atoms with van der Waals surface area (Å²) in [5.74, 6) is 0.131. The summed E-state index contributed by atoms with van der Waals surface area (Å²) in [6, 6.07) is 14.9. The zero-order valence-electron chi connectivity index (χ0n) is 12.4. The number of amides is 1. The number of rotatable bonds is 4. The van der Waals surface area contributed by atoms with Crippen molar-refractivity contribution in [2.24, 2.45) is 5.92 Å². The van der Waals surface area contributed by atoms with Gasteiger partial charge in [-0.2, -0.15) is 4.73 Å². The maximum Gasteiger partial charge on any atom is 0.317 e. The zero-order valence-corrected chi connectivity index (χ0v) is 12.4. The van der Waals surface area contributed by atoms with Crippen LogP contribution in [0.25, 0.3) is 0 Å². The van der Waals surface area contributed by atoms with Crippen molar-refractivity contribution in [3.8, 4) is 0 Å². The molecule has 0 radical (unpaired) electrons. The number of benzene rings is 1.